The fourth-order valence-electron chi connectivity index (χ4n) is 3.56. The van der Waals surface area contributed by atoms with Crippen LogP contribution in [0.4, 0.5) is 5.69 Å². The zero-order valence-corrected chi connectivity index (χ0v) is 18.7. The van der Waals surface area contributed by atoms with Crippen molar-refractivity contribution in [3.63, 3.8) is 0 Å². The Morgan fingerprint density at radius 3 is 2.59 bits per heavy atom. The Morgan fingerprint density at radius 2 is 1.81 bits per heavy atom. The SMILES string of the molecule is Cc1ccc(NC(=O)COc2nn(C)c3nc(C)cc(C)c23)c(OCc2ccccc2)c1. The molecule has 0 spiro atoms. The van der Waals surface area contributed by atoms with E-state index in [2.05, 4.69) is 15.4 Å². The molecule has 1 N–H and O–H groups in total. The third-order valence-electron chi connectivity index (χ3n) is 5.08. The maximum absolute atomic E-state index is 12.6. The topological polar surface area (TPSA) is 78.3 Å². The summed E-state index contributed by atoms with van der Waals surface area (Å²) >= 11 is 0. The van der Waals surface area contributed by atoms with Crippen LogP contribution in [0, 0.1) is 20.8 Å². The van der Waals surface area contributed by atoms with Crippen molar-refractivity contribution < 1.29 is 14.3 Å². The van der Waals surface area contributed by atoms with Gasteiger partial charge in [0.25, 0.3) is 5.91 Å². The maximum Gasteiger partial charge on any atom is 0.262 e. The summed E-state index contributed by atoms with van der Waals surface area (Å²) in [6, 6.07) is 17.5. The molecule has 0 radical (unpaired) electrons. The van der Waals surface area contributed by atoms with Crippen molar-refractivity contribution in [2.45, 2.75) is 27.4 Å². The predicted molar refractivity (Wildman–Crippen MR) is 124 cm³/mol. The summed E-state index contributed by atoms with van der Waals surface area (Å²) in [6.07, 6.45) is 0. The molecule has 0 aliphatic carbocycles. The number of fused-ring (bicyclic) bond motifs is 1. The molecule has 32 heavy (non-hydrogen) atoms. The van der Waals surface area contributed by atoms with E-state index in [1.54, 1.807) is 4.68 Å². The molecule has 0 aliphatic rings. The van der Waals surface area contributed by atoms with E-state index in [1.807, 2.05) is 82.4 Å². The molecular weight excluding hydrogens is 404 g/mol. The van der Waals surface area contributed by atoms with Gasteiger partial charge in [0.2, 0.25) is 5.88 Å². The first kappa shape index (κ1) is 21.4. The number of aromatic nitrogens is 3. The van der Waals surface area contributed by atoms with E-state index >= 15 is 0 Å². The minimum absolute atomic E-state index is 0.175. The van der Waals surface area contributed by atoms with E-state index in [0.29, 0.717) is 23.9 Å². The van der Waals surface area contributed by atoms with Crippen LogP contribution >= 0.6 is 0 Å². The first-order chi connectivity index (χ1) is 15.4. The van der Waals surface area contributed by atoms with Crippen LogP contribution in [0.3, 0.4) is 0 Å². The van der Waals surface area contributed by atoms with Crippen molar-refractivity contribution in [1.82, 2.24) is 14.8 Å². The molecule has 7 heteroatoms. The molecule has 4 aromatic rings. The lowest BCUT2D eigenvalue weighted by atomic mass is 10.2. The van der Waals surface area contributed by atoms with Gasteiger partial charge in [0.15, 0.2) is 12.3 Å². The van der Waals surface area contributed by atoms with Gasteiger partial charge < -0.3 is 14.8 Å². The summed E-state index contributed by atoms with van der Waals surface area (Å²) < 4.78 is 13.4. The molecule has 0 atom stereocenters. The highest BCUT2D eigenvalue weighted by Gasteiger charge is 2.16. The normalized spacial score (nSPS) is 10.9. The Balaban J connectivity index is 1.45. The predicted octanol–water partition coefficient (Wildman–Crippen LogP) is 4.49. The minimum atomic E-state index is -0.296. The molecule has 4 rings (SSSR count). The number of pyridine rings is 1. The monoisotopic (exact) mass is 430 g/mol. The van der Waals surface area contributed by atoms with Gasteiger partial charge in [-0.25, -0.2) is 9.67 Å². The molecule has 2 aromatic heterocycles. The van der Waals surface area contributed by atoms with Crippen molar-refractivity contribution in [2.75, 3.05) is 11.9 Å². The van der Waals surface area contributed by atoms with E-state index < -0.39 is 0 Å². The van der Waals surface area contributed by atoms with Gasteiger partial charge in [-0.15, -0.1) is 5.10 Å². The number of hydrogen-bond donors (Lipinski definition) is 1. The minimum Gasteiger partial charge on any atom is -0.487 e. The van der Waals surface area contributed by atoms with Crippen molar-refractivity contribution >= 4 is 22.6 Å². The van der Waals surface area contributed by atoms with Gasteiger partial charge in [-0.1, -0.05) is 36.4 Å². The van der Waals surface area contributed by atoms with Crippen molar-refractivity contribution in [3.05, 3.63) is 77.0 Å². The molecule has 0 aliphatic heterocycles. The average Bonchev–Trinajstić information content (AvgIpc) is 3.09. The van der Waals surface area contributed by atoms with Gasteiger partial charge in [-0.3, -0.25) is 4.79 Å². The average molecular weight is 431 g/mol. The second kappa shape index (κ2) is 9.09. The largest absolute Gasteiger partial charge is 0.487 e. The molecule has 2 aromatic carbocycles. The lowest BCUT2D eigenvalue weighted by Gasteiger charge is -2.14. The Hall–Kier alpha value is -3.87. The first-order valence-electron chi connectivity index (χ1n) is 10.4. The number of aryl methyl sites for hydroxylation is 4. The molecule has 2 heterocycles. The Labute approximate surface area is 187 Å². The van der Waals surface area contributed by atoms with Gasteiger partial charge >= 0.3 is 0 Å². The summed E-state index contributed by atoms with van der Waals surface area (Å²) in [4.78, 5) is 17.2. The summed E-state index contributed by atoms with van der Waals surface area (Å²) in [5.74, 6) is 0.711. The second-order valence-electron chi connectivity index (χ2n) is 7.82. The van der Waals surface area contributed by atoms with Crippen LogP contribution in [0.5, 0.6) is 11.6 Å². The molecule has 0 fully saturated rings. The Kier molecular flexibility index (Phi) is 6.07. The smallest absolute Gasteiger partial charge is 0.262 e. The van der Waals surface area contributed by atoms with Crippen molar-refractivity contribution in [1.29, 1.82) is 0 Å². The summed E-state index contributed by atoms with van der Waals surface area (Å²) in [5.41, 5.74) is 5.33. The van der Waals surface area contributed by atoms with Crippen LogP contribution in [-0.2, 0) is 18.4 Å². The highest BCUT2D eigenvalue weighted by molar-refractivity contribution is 5.94. The highest BCUT2D eigenvalue weighted by Crippen LogP contribution is 2.28. The molecule has 0 saturated carbocycles. The van der Waals surface area contributed by atoms with Crippen molar-refractivity contribution in [2.24, 2.45) is 7.05 Å². The molecule has 0 unspecified atom stereocenters. The fourth-order valence-corrected chi connectivity index (χ4v) is 3.56. The molecule has 0 bridgehead atoms. The number of nitrogens with one attached hydrogen (secondary N) is 1. The van der Waals surface area contributed by atoms with Crippen LogP contribution in [-0.4, -0.2) is 27.3 Å². The number of rotatable bonds is 7. The molecule has 7 nitrogen and oxygen atoms in total. The number of carbonyl (C=O) groups excluding carboxylic acids is 1. The van der Waals surface area contributed by atoms with E-state index in [1.165, 1.54) is 0 Å². The number of anilines is 1. The van der Waals surface area contributed by atoms with E-state index in [4.69, 9.17) is 9.47 Å². The highest BCUT2D eigenvalue weighted by atomic mass is 16.5. The lowest BCUT2D eigenvalue weighted by molar-refractivity contribution is -0.118. The van der Waals surface area contributed by atoms with Crippen LogP contribution in [0.1, 0.15) is 22.4 Å². The number of ether oxygens (including phenoxy) is 2. The van der Waals surface area contributed by atoms with Gasteiger partial charge in [-0.05, 0) is 55.7 Å². The number of benzene rings is 2. The van der Waals surface area contributed by atoms with Crippen LogP contribution in [0.25, 0.3) is 11.0 Å². The van der Waals surface area contributed by atoms with E-state index in [-0.39, 0.29) is 12.5 Å². The van der Waals surface area contributed by atoms with Gasteiger partial charge in [0.05, 0.1) is 11.1 Å². The molecule has 0 saturated heterocycles. The first-order valence-corrected chi connectivity index (χ1v) is 10.4. The standard InChI is InChI=1S/C25H26N4O3/c1-16-10-11-20(21(12-16)31-14-19-8-6-5-7-9-19)27-22(30)15-32-25-23-17(2)13-18(3)26-24(23)29(4)28-25/h5-13H,14-15H2,1-4H3,(H,27,30). The summed E-state index contributed by atoms with van der Waals surface area (Å²) in [5, 5.41) is 8.09. The summed E-state index contributed by atoms with van der Waals surface area (Å²) in [6.45, 7) is 6.13. The molecule has 1 amide bonds. The van der Waals surface area contributed by atoms with Gasteiger partial charge in [0.1, 0.15) is 12.4 Å². The number of nitrogens with zero attached hydrogens (tertiary/aromatic N) is 3. The number of carbonyl (C=O) groups is 1. The third-order valence-corrected chi connectivity index (χ3v) is 5.08. The van der Waals surface area contributed by atoms with E-state index in [0.717, 1.165) is 33.4 Å². The molecule has 164 valence electrons. The Bertz CT molecular complexity index is 1270. The third kappa shape index (κ3) is 4.72. The summed E-state index contributed by atoms with van der Waals surface area (Å²) in [7, 11) is 1.81. The van der Waals surface area contributed by atoms with Gasteiger partial charge in [0, 0.05) is 12.7 Å². The molecular formula is C25H26N4O3. The lowest BCUT2D eigenvalue weighted by Crippen LogP contribution is -2.21. The van der Waals surface area contributed by atoms with Crippen LogP contribution in [0.15, 0.2) is 54.6 Å². The zero-order chi connectivity index (χ0) is 22.7. The van der Waals surface area contributed by atoms with Crippen molar-refractivity contribution in [3.8, 4) is 11.6 Å². The quantitative estimate of drug-likeness (QED) is 0.467. The number of hydrogen-bond acceptors (Lipinski definition) is 5. The van der Waals surface area contributed by atoms with Crippen LogP contribution < -0.4 is 14.8 Å². The maximum atomic E-state index is 12.6. The fraction of sp³-hybridized carbons (Fsp3) is 0.240. The van der Waals surface area contributed by atoms with E-state index in [9.17, 15) is 4.79 Å². The second-order valence-corrected chi connectivity index (χ2v) is 7.82. The Morgan fingerprint density at radius 1 is 1.03 bits per heavy atom. The van der Waals surface area contributed by atoms with Crippen LogP contribution in [0.2, 0.25) is 0 Å². The van der Waals surface area contributed by atoms with Gasteiger partial charge in [-0.2, -0.15) is 0 Å². The zero-order valence-electron chi connectivity index (χ0n) is 18.7. The number of amides is 1.